The van der Waals surface area contributed by atoms with Crippen molar-refractivity contribution in [3.05, 3.63) is 169 Å². The maximum absolute atomic E-state index is 6.37. The lowest BCUT2D eigenvalue weighted by molar-refractivity contribution is 0.269. The van der Waals surface area contributed by atoms with Crippen LogP contribution in [0.5, 0.6) is 5.75 Å². The smallest absolute Gasteiger partial charge is 0.164 e. The Balaban J connectivity index is 1.00. The molecule has 268 valence electrons. The molecule has 0 bridgehead atoms. The third kappa shape index (κ3) is 5.33. The van der Waals surface area contributed by atoms with Gasteiger partial charge >= 0.3 is 0 Å². The van der Waals surface area contributed by atoms with Crippen molar-refractivity contribution < 1.29 is 4.74 Å². The molecule has 2 atom stereocenters. The highest BCUT2D eigenvalue weighted by molar-refractivity contribution is 7.26. The number of ether oxygens (including phenoxy) is 1. The summed E-state index contributed by atoms with van der Waals surface area (Å²) < 4.78 is 11.0. The molecule has 12 rings (SSSR count). The van der Waals surface area contributed by atoms with E-state index in [0.717, 1.165) is 70.1 Å². The molecule has 2 aliphatic rings. The van der Waals surface area contributed by atoms with Gasteiger partial charge in [0.05, 0.1) is 15.9 Å². The van der Waals surface area contributed by atoms with Crippen molar-refractivity contribution in [1.82, 2.24) is 24.9 Å². The molecule has 6 nitrogen and oxygen atoms in total. The first-order valence-corrected chi connectivity index (χ1v) is 20.5. The van der Waals surface area contributed by atoms with E-state index in [-0.39, 0.29) is 12.0 Å². The normalized spacial score (nSPS) is 15.7. The van der Waals surface area contributed by atoms with Crippen molar-refractivity contribution >= 4 is 63.1 Å². The molecule has 8 heteroatoms. The molecule has 6 aromatic carbocycles. The van der Waals surface area contributed by atoms with E-state index in [1.54, 1.807) is 22.7 Å². The van der Waals surface area contributed by atoms with Crippen LogP contribution >= 0.6 is 22.7 Å². The summed E-state index contributed by atoms with van der Waals surface area (Å²) >= 11 is 3.51. The van der Waals surface area contributed by atoms with Crippen LogP contribution in [0.2, 0.25) is 0 Å². The molecule has 0 N–H and O–H groups in total. The van der Waals surface area contributed by atoms with Gasteiger partial charge in [0, 0.05) is 69.6 Å². The highest BCUT2D eigenvalue weighted by Gasteiger charge is 2.32. The predicted molar refractivity (Wildman–Crippen MR) is 234 cm³/mol. The minimum absolute atomic E-state index is 0.0125. The third-order valence-electron chi connectivity index (χ3n) is 10.9. The predicted octanol–water partition coefficient (Wildman–Crippen LogP) is 12.7. The van der Waals surface area contributed by atoms with E-state index >= 15 is 0 Å². The molecule has 1 aliphatic carbocycles. The summed E-state index contributed by atoms with van der Waals surface area (Å²) in [5.41, 5.74) is 7.96. The Kier molecular flexibility index (Phi) is 7.30. The van der Waals surface area contributed by atoms with E-state index in [2.05, 4.69) is 121 Å². The first-order valence-electron chi connectivity index (χ1n) is 18.9. The SMILES string of the molecule is C1=CC2Oc3cc(-c4nc(-c5ccccc5)nc(-c5ccc6c(c5)sc5c(-c7nc(-c8ccccc8)c8sc9ccccc9c8n7)cccc56)n4)ccc3C2C=C1. The number of benzene rings is 6. The van der Waals surface area contributed by atoms with Crippen LogP contribution in [0.4, 0.5) is 0 Å². The number of fused-ring (bicyclic) bond motifs is 9. The first kappa shape index (κ1) is 32.4. The molecule has 10 aromatic rings. The molecule has 57 heavy (non-hydrogen) atoms. The maximum Gasteiger partial charge on any atom is 0.164 e. The van der Waals surface area contributed by atoms with Crippen molar-refractivity contribution in [1.29, 1.82) is 0 Å². The molecule has 0 radical (unpaired) electrons. The average molecular weight is 768 g/mol. The molecule has 0 amide bonds. The molecule has 4 aromatic heterocycles. The van der Waals surface area contributed by atoms with Crippen LogP contribution in [-0.2, 0) is 0 Å². The summed E-state index contributed by atoms with van der Waals surface area (Å²) in [6.45, 7) is 0. The second-order valence-electron chi connectivity index (χ2n) is 14.3. The van der Waals surface area contributed by atoms with E-state index in [4.69, 9.17) is 29.7 Å². The fraction of sp³-hybridized carbons (Fsp3) is 0.0408. The lowest BCUT2D eigenvalue weighted by Gasteiger charge is -2.13. The topological polar surface area (TPSA) is 73.7 Å². The van der Waals surface area contributed by atoms with Crippen molar-refractivity contribution in [2.45, 2.75) is 12.0 Å². The molecule has 0 fully saturated rings. The van der Waals surface area contributed by atoms with E-state index in [0.29, 0.717) is 17.5 Å². The quantitative estimate of drug-likeness (QED) is 0.174. The van der Waals surface area contributed by atoms with Gasteiger partial charge in [-0.2, -0.15) is 0 Å². The maximum atomic E-state index is 6.37. The van der Waals surface area contributed by atoms with Crippen molar-refractivity contribution in [2.75, 3.05) is 0 Å². The van der Waals surface area contributed by atoms with Crippen LogP contribution in [0.1, 0.15) is 11.5 Å². The van der Waals surface area contributed by atoms with E-state index in [9.17, 15) is 0 Å². The highest BCUT2D eigenvalue weighted by atomic mass is 32.1. The number of thiophene rings is 2. The van der Waals surface area contributed by atoms with Crippen LogP contribution in [0.25, 0.3) is 97.3 Å². The Morgan fingerprint density at radius 1 is 0.456 bits per heavy atom. The second kappa shape index (κ2) is 12.8. The Bertz CT molecular complexity index is 3300. The van der Waals surface area contributed by atoms with Gasteiger partial charge in [-0.3, -0.25) is 0 Å². The largest absolute Gasteiger partial charge is 0.485 e. The van der Waals surface area contributed by atoms with Gasteiger partial charge in [-0.25, -0.2) is 24.9 Å². The summed E-state index contributed by atoms with van der Waals surface area (Å²) in [6, 6.07) is 48.3. The van der Waals surface area contributed by atoms with Crippen LogP contribution in [0.3, 0.4) is 0 Å². The van der Waals surface area contributed by atoms with Crippen molar-refractivity contribution in [2.24, 2.45) is 0 Å². The van der Waals surface area contributed by atoms with Crippen LogP contribution < -0.4 is 4.74 Å². The highest BCUT2D eigenvalue weighted by Crippen LogP contribution is 2.45. The summed E-state index contributed by atoms with van der Waals surface area (Å²) in [4.78, 5) is 25.8. The molecule has 0 saturated heterocycles. The minimum Gasteiger partial charge on any atom is -0.485 e. The number of rotatable bonds is 5. The van der Waals surface area contributed by atoms with E-state index < -0.39 is 0 Å². The van der Waals surface area contributed by atoms with Crippen molar-refractivity contribution in [3.63, 3.8) is 0 Å². The van der Waals surface area contributed by atoms with Gasteiger partial charge in [-0.1, -0.05) is 133 Å². The van der Waals surface area contributed by atoms with Crippen LogP contribution in [-0.4, -0.2) is 31.0 Å². The number of hydrogen-bond donors (Lipinski definition) is 0. The molecule has 1 aliphatic heterocycles. The number of allylic oxidation sites excluding steroid dienone is 2. The monoisotopic (exact) mass is 767 g/mol. The van der Waals surface area contributed by atoms with Gasteiger partial charge in [0.25, 0.3) is 0 Å². The average Bonchev–Trinajstić information content (AvgIpc) is 3.97. The lowest BCUT2D eigenvalue weighted by Crippen LogP contribution is -2.15. The van der Waals surface area contributed by atoms with Crippen LogP contribution in [0.15, 0.2) is 164 Å². The zero-order chi connectivity index (χ0) is 37.5. The molecular weight excluding hydrogens is 739 g/mol. The number of aromatic nitrogens is 5. The molecular formula is C49H29N5OS2. The molecule has 0 saturated carbocycles. The first-order chi connectivity index (χ1) is 28.2. The summed E-state index contributed by atoms with van der Waals surface area (Å²) in [5.74, 6) is 3.66. The summed E-state index contributed by atoms with van der Waals surface area (Å²) in [6.07, 6.45) is 8.47. The number of nitrogens with zero attached hydrogens (tertiary/aromatic N) is 5. The minimum atomic E-state index is 0.0125. The van der Waals surface area contributed by atoms with Gasteiger partial charge in [-0.15, -0.1) is 22.7 Å². The van der Waals surface area contributed by atoms with Crippen molar-refractivity contribution in [3.8, 4) is 62.6 Å². The third-order valence-corrected chi connectivity index (χ3v) is 13.3. The Hall–Kier alpha value is -6.87. The van der Waals surface area contributed by atoms with Gasteiger partial charge < -0.3 is 4.74 Å². The molecule has 5 heterocycles. The second-order valence-corrected chi connectivity index (χ2v) is 16.4. The van der Waals surface area contributed by atoms with Crippen LogP contribution in [0, 0.1) is 0 Å². The number of hydrogen-bond acceptors (Lipinski definition) is 8. The molecule has 2 unspecified atom stereocenters. The fourth-order valence-electron chi connectivity index (χ4n) is 8.14. The summed E-state index contributed by atoms with van der Waals surface area (Å²) in [5, 5.41) is 3.49. The zero-order valence-electron chi connectivity index (χ0n) is 30.2. The van der Waals surface area contributed by atoms with Gasteiger partial charge in [-0.05, 0) is 30.3 Å². The zero-order valence-corrected chi connectivity index (χ0v) is 31.8. The Morgan fingerprint density at radius 3 is 1.98 bits per heavy atom. The Labute approximate surface area is 335 Å². The van der Waals surface area contributed by atoms with E-state index in [1.807, 2.05) is 42.5 Å². The fourth-order valence-corrected chi connectivity index (χ4v) is 10.5. The van der Waals surface area contributed by atoms with Gasteiger partial charge in [0.1, 0.15) is 11.9 Å². The standard InChI is InChI=1S/C49H29N5OS2/c1-3-12-28(13-4-1)42-45-43(36-17-8-10-21-40(36)56-45)51-49(50-42)37-19-11-18-35-34-25-23-31(27-41(34)57-44(35)37)48-53-46(29-14-5-2-6-15-29)52-47(54-48)30-22-24-33-32-16-7-9-20-38(32)55-39(33)26-30/h1-27,32,38H. The summed E-state index contributed by atoms with van der Waals surface area (Å²) in [7, 11) is 0. The molecule has 0 spiro atoms. The van der Waals surface area contributed by atoms with E-state index in [1.165, 1.54) is 21.0 Å². The van der Waals surface area contributed by atoms with Gasteiger partial charge in [0.2, 0.25) is 0 Å². The lowest BCUT2D eigenvalue weighted by atomic mass is 9.91. The Morgan fingerprint density at radius 2 is 1.14 bits per heavy atom. The van der Waals surface area contributed by atoms with Gasteiger partial charge in [0.15, 0.2) is 23.3 Å².